The Hall–Kier alpha value is -0.940. The second-order valence-electron chi connectivity index (χ2n) is 2.63. The molecule has 0 bridgehead atoms. The Morgan fingerprint density at radius 3 is 2.08 bits per heavy atom. The van der Waals surface area contributed by atoms with Gasteiger partial charge in [-0.2, -0.15) is 0 Å². The average Bonchev–Trinajstić information content (AvgIpc) is 1.82. The largest absolute Gasteiger partial charge is 0.488 e. The highest BCUT2D eigenvalue weighted by Crippen LogP contribution is 2.18. The first-order chi connectivity index (χ1) is 5.25. The maximum Gasteiger partial charge on any atom is 0.488 e. The Bertz CT molecular complexity index is 167. The van der Waals surface area contributed by atoms with Crippen LogP contribution in [0, 0.1) is 0 Å². The Morgan fingerprint density at radius 1 is 1.42 bits per heavy atom. The molecule has 0 rings (SSSR count). The molecule has 0 atom stereocenters. The molecule has 0 aliphatic rings. The van der Waals surface area contributed by atoms with Gasteiger partial charge in [-0.25, -0.2) is 9.69 Å². The number of amides is 2. The quantitative estimate of drug-likeness (QED) is 0.616. The topological polar surface area (TPSA) is 32.3 Å². The number of carbonyl (C=O) groups excluding carboxylic acids is 1. The molecular weight excluding hydrogens is 173 g/mol. The molecule has 0 spiro atoms. The second kappa shape index (κ2) is 3.64. The van der Waals surface area contributed by atoms with Crippen LogP contribution in [0.1, 0.15) is 13.8 Å². The Morgan fingerprint density at radius 2 is 1.83 bits per heavy atom. The van der Waals surface area contributed by atoms with Gasteiger partial charge in [0.25, 0.3) is 0 Å². The van der Waals surface area contributed by atoms with Crippen molar-refractivity contribution >= 4 is 6.03 Å². The molecule has 0 saturated carbocycles. The number of carbonyl (C=O) groups is 1. The molecule has 0 fully saturated rings. The second-order valence-corrected chi connectivity index (χ2v) is 2.63. The van der Waals surface area contributed by atoms with Gasteiger partial charge in [-0.15, -0.1) is 13.2 Å². The monoisotopic (exact) mass is 184 g/mol. The normalized spacial score (nSPS) is 11.6. The van der Waals surface area contributed by atoms with Gasteiger partial charge in [0.2, 0.25) is 0 Å². The SMILES string of the molecule is CC(C)NC(=O)N(C)C(F)(F)F. The van der Waals surface area contributed by atoms with E-state index in [1.807, 2.05) is 0 Å². The van der Waals surface area contributed by atoms with Gasteiger partial charge in [-0.1, -0.05) is 0 Å². The molecule has 0 radical (unpaired) electrons. The van der Waals surface area contributed by atoms with E-state index in [0.29, 0.717) is 7.05 Å². The summed E-state index contributed by atoms with van der Waals surface area (Å²) in [6.07, 6.45) is -4.61. The third kappa shape index (κ3) is 3.45. The third-order valence-corrected chi connectivity index (χ3v) is 1.10. The fraction of sp³-hybridized carbons (Fsp3) is 0.833. The van der Waals surface area contributed by atoms with E-state index in [4.69, 9.17) is 0 Å². The third-order valence-electron chi connectivity index (χ3n) is 1.10. The molecule has 1 N–H and O–H groups in total. The van der Waals surface area contributed by atoms with Crippen molar-refractivity contribution in [1.29, 1.82) is 0 Å². The highest BCUT2D eigenvalue weighted by Gasteiger charge is 2.37. The van der Waals surface area contributed by atoms with Gasteiger partial charge in [0.1, 0.15) is 0 Å². The molecule has 0 saturated heterocycles. The lowest BCUT2D eigenvalue weighted by molar-refractivity contribution is -0.215. The van der Waals surface area contributed by atoms with Crippen LogP contribution in [0.3, 0.4) is 0 Å². The standard InChI is InChI=1S/C6H11F3N2O/c1-4(2)10-5(12)11(3)6(7,8)9/h4H,1-3H3,(H,10,12). The zero-order valence-corrected chi connectivity index (χ0v) is 7.07. The molecule has 2 amide bonds. The number of nitrogens with one attached hydrogen (secondary N) is 1. The summed E-state index contributed by atoms with van der Waals surface area (Å²) in [5.74, 6) is 0. The van der Waals surface area contributed by atoms with E-state index in [1.54, 1.807) is 13.8 Å². The number of rotatable bonds is 1. The number of nitrogens with zero attached hydrogens (tertiary/aromatic N) is 1. The molecule has 0 aliphatic carbocycles. The zero-order chi connectivity index (χ0) is 9.94. The van der Waals surface area contributed by atoms with Crippen molar-refractivity contribution in [1.82, 2.24) is 10.2 Å². The number of hydrogen-bond donors (Lipinski definition) is 1. The van der Waals surface area contributed by atoms with Gasteiger partial charge < -0.3 is 5.32 Å². The maximum atomic E-state index is 11.8. The van der Waals surface area contributed by atoms with E-state index in [-0.39, 0.29) is 10.9 Å². The fourth-order valence-electron chi connectivity index (χ4n) is 0.459. The van der Waals surface area contributed by atoms with Crippen LogP contribution in [0.5, 0.6) is 0 Å². The van der Waals surface area contributed by atoms with E-state index in [1.165, 1.54) is 0 Å². The summed E-state index contributed by atoms with van der Waals surface area (Å²) >= 11 is 0. The first-order valence-electron chi connectivity index (χ1n) is 3.36. The highest BCUT2D eigenvalue weighted by atomic mass is 19.4. The first-order valence-corrected chi connectivity index (χ1v) is 3.36. The van der Waals surface area contributed by atoms with Crippen molar-refractivity contribution in [2.24, 2.45) is 0 Å². The minimum absolute atomic E-state index is 0.299. The minimum atomic E-state index is -4.61. The smallest absolute Gasteiger partial charge is 0.336 e. The van der Waals surface area contributed by atoms with Gasteiger partial charge >= 0.3 is 12.3 Å². The van der Waals surface area contributed by atoms with Crippen molar-refractivity contribution in [2.75, 3.05) is 7.05 Å². The van der Waals surface area contributed by atoms with Crippen LogP contribution in [-0.4, -0.2) is 30.3 Å². The summed E-state index contributed by atoms with van der Waals surface area (Å²) in [5, 5.41) is 2.12. The number of halogens is 3. The van der Waals surface area contributed by atoms with Gasteiger partial charge in [-0.05, 0) is 13.8 Å². The van der Waals surface area contributed by atoms with E-state index in [9.17, 15) is 18.0 Å². The van der Waals surface area contributed by atoms with Crippen molar-refractivity contribution in [3.8, 4) is 0 Å². The van der Waals surface area contributed by atoms with Crippen molar-refractivity contribution in [3.63, 3.8) is 0 Å². The van der Waals surface area contributed by atoms with Crippen molar-refractivity contribution < 1.29 is 18.0 Å². The molecule has 72 valence electrons. The molecule has 0 unspecified atom stereocenters. The van der Waals surface area contributed by atoms with Crippen LogP contribution in [0.15, 0.2) is 0 Å². The molecule has 6 heteroatoms. The first kappa shape index (κ1) is 11.1. The predicted molar refractivity (Wildman–Crippen MR) is 37.5 cm³/mol. The molecular formula is C6H11F3N2O. The van der Waals surface area contributed by atoms with Gasteiger partial charge in [0.05, 0.1) is 0 Å². The lowest BCUT2D eigenvalue weighted by Crippen LogP contribution is -2.47. The van der Waals surface area contributed by atoms with E-state index >= 15 is 0 Å². The van der Waals surface area contributed by atoms with Gasteiger partial charge in [0.15, 0.2) is 0 Å². The maximum absolute atomic E-state index is 11.8. The van der Waals surface area contributed by atoms with Crippen molar-refractivity contribution in [3.05, 3.63) is 0 Å². The Balaban J connectivity index is 4.12. The summed E-state index contributed by atoms with van der Waals surface area (Å²) < 4.78 is 35.4. The molecule has 12 heavy (non-hydrogen) atoms. The summed E-state index contributed by atoms with van der Waals surface area (Å²) in [5.41, 5.74) is 0. The molecule has 0 aromatic heterocycles. The number of urea groups is 1. The number of alkyl halides is 3. The van der Waals surface area contributed by atoms with Crippen LogP contribution < -0.4 is 5.32 Å². The predicted octanol–water partition coefficient (Wildman–Crippen LogP) is 1.56. The lowest BCUT2D eigenvalue weighted by Gasteiger charge is -2.21. The van der Waals surface area contributed by atoms with Gasteiger partial charge in [0, 0.05) is 13.1 Å². The van der Waals surface area contributed by atoms with E-state index < -0.39 is 12.3 Å². The van der Waals surface area contributed by atoms with Crippen molar-refractivity contribution in [2.45, 2.75) is 26.2 Å². The van der Waals surface area contributed by atoms with Crippen LogP contribution in [0.2, 0.25) is 0 Å². The van der Waals surface area contributed by atoms with Crippen LogP contribution in [0.4, 0.5) is 18.0 Å². The molecule has 0 aromatic carbocycles. The Labute approximate surface area is 68.5 Å². The average molecular weight is 184 g/mol. The zero-order valence-electron chi connectivity index (χ0n) is 7.07. The fourth-order valence-corrected chi connectivity index (χ4v) is 0.459. The Kier molecular flexibility index (Phi) is 3.36. The molecule has 0 heterocycles. The molecule has 3 nitrogen and oxygen atoms in total. The van der Waals surface area contributed by atoms with Crippen LogP contribution in [0.25, 0.3) is 0 Å². The lowest BCUT2D eigenvalue weighted by atomic mass is 10.4. The summed E-state index contributed by atoms with van der Waals surface area (Å²) in [6, 6.07) is -1.44. The van der Waals surface area contributed by atoms with Crippen LogP contribution in [-0.2, 0) is 0 Å². The highest BCUT2D eigenvalue weighted by molar-refractivity contribution is 5.74. The summed E-state index contributed by atoms with van der Waals surface area (Å²) in [7, 11) is 0.678. The minimum Gasteiger partial charge on any atom is -0.336 e. The van der Waals surface area contributed by atoms with E-state index in [2.05, 4.69) is 5.32 Å². The van der Waals surface area contributed by atoms with Gasteiger partial charge in [-0.3, -0.25) is 0 Å². The van der Waals surface area contributed by atoms with Crippen LogP contribution >= 0.6 is 0 Å². The molecule has 0 aliphatic heterocycles. The summed E-state index contributed by atoms with van der Waals surface area (Å²) in [6.45, 7) is 3.17. The van der Waals surface area contributed by atoms with E-state index in [0.717, 1.165) is 0 Å². The number of hydrogen-bond acceptors (Lipinski definition) is 1. The molecule has 0 aromatic rings. The summed E-state index contributed by atoms with van der Waals surface area (Å²) in [4.78, 5) is 10.4.